The van der Waals surface area contributed by atoms with E-state index >= 15 is 0 Å². The number of urea groups is 1. The van der Waals surface area contributed by atoms with Gasteiger partial charge in [0.1, 0.15) is 0 Å². The topological polar surface area (TPSA) is 49.6 Å². The van der Waals surface area contributed by atoms with Gasteiger partial charge in [0.2, 0.25) is 0 Å². The van der Waals surface area contributed by atoms with Crippen LogP contribution in [0.4, 0.5) is 4.79 Å². The van der Waals surface area contributed by atoms with Gasteiger partial charge in [-0.05, 0) is 30.9 Å². The van der Waals surface area contributed by atoms with Crippen molar-refractivity contribution < 1.29 is 4.79 Å². The molecular formula is C17H27N3O. The molecule has 0 saturated carbocycles. The molecule has 0 radical (unpaired) electrons. The molecule has 0 bridgehead atoms. The normalized spacial score (nSPS) is 18.2. The Morgan fingerprint density at radius 1 is 1.19 bits per heavy atom. The molecule has 0 aliphatic carbocycles. The van der Waals surface area contributed by atoms with Crippen LogP contribution in [0, 0.1) is 0 Å². The molecule has 116 valence electrons. The average Bonchev–Trinajstić information content (AvgIpc) is 2.73. The predicted octanol–water partition coefficient (Wildman–Crippen LogP) is 2.66. The molecule has 0 aromatic heterocycles. The van der Waals surface area contributed by atoms with Crippen LogP contribution in [0.5, 0.6) is 0 Å². The number of hydrogen-bond acceptors (Lipinski definition) is 2. The summed E-state index contributed by atoms with van der Waals surface area (Å²) in [7, 11) is 0. The molecule has 1 atom stereocenters. The molecule has 1 fully saturated rings. The fourth-order valence-corrected chi connectivity index (χ4v) is 3.12. The summed E-state index contributed by atoms with van der Waals surface area (Å²) >= 11 is 0. The number of amides is 2. The first-order chi connectivity index (χ1) is 10.2. The maximum atomic E-state index is 11.3. The monoisotopic (exact) mass is 289 g/mol. The van der Waals surface area contributed by atoms with Gasteiger partial charge in [-0.2, -0.15) is 0 Å². The van der Waals surface area contributed by atoms with Crippen molar-refractivity contribution in [3.05, 3.63) is 35.9 Å². The van der Waals surface area contributed by atoms with Crippen LogP contribution in [0.15, 0.2) is 30.3 Å². The number of nitrogens with two attached hydrogens (primary N) is 1. The van der Waals surface area contributed by atoms with Gasteiger partial charge >= 0.3 is 6.03 Å². The van der Waals surface area contributed by atoms with Crippen LogP contribution in [0.25, 0.3) is 0 Å². The largest absolute Gasteiger partial charge is 0.351 e. The number of carbonyl (C=O) groups excluding carboxylic acids is 1. The Bertz CT molecular complexity index is 435. The highest BCUT2D eigenvalue weighted by Crippen LogP contribution is 2.23. The quantitative estimate of drug-likeness (QED) is 0.906. The van der Waals surface area contributed by atoms with E-state index in [1.165, 1.54) is 18.4 Å². The standard InChI is InChI=1S/C17H27N3O/c1-2-7-16(15-8-4-3-5-9-15)14-19-10-6-11-20(13-12-19)17(18)21/h3-5,8-9,16H,2,6-7,10-14H2,1H3,(H2,18,21)/t16-/m1/s1. The molecule has 4 nitrogen and oxygen atoms in total. The number of carbonyl (C=O) groups is 1. The van der Waals surface area contributed by atoms with Crippen molar-refractivity contribution in [2.24, 2.45) is 5.73 Å². The molecule has 2 amide bonds. The summed E-state index contributed by atoms with van der Waals surface area (Å²) in [5.41, 5.74) is 6.82. The van der Waals surface area contributed by atoms with E-state index in [0.717, 1.165) is 39.1 Å². The fraction of sp³-hybridized carbons (Fsp3) is 0.588. The van der Waals surface area contributed by atoms with Crippen molar-refractivity contribution in [3.8, 4) is 0 Å². The molecule has 1 aliphatic rings. The zero-order valence-electron chi connectivity index (χ0n) is 13.0. The molecule has 1 aromatic rings. The predicted molar refractivity (Wildman–Crippen MR) is 86.3 cm³/mol. The fourth-order valence-electron chi connectivity index (χ4n) is 3.12. The van der Waals surface area contributed by atoms with E-state index in [2.05, 4.69) is 42.2 Å². The SMILES string of the molecule is CCC[C@H](CN1CCCN(C(N)=O)CC1)c1ccccc1. The average molecular weight is 289 g/mol. The summed E-state index contributed by atoms with van der Waals surface area (Å²) in [4.78, 5) is 15.5. The first-order valence-corrected chi connectivity index (χ1v) is 8.02. The third kappa shape index (κ3) is 4.74. The Labute approximate surface area is 127 Å². The molecule has 0 spiro atoms. The smallest absolute Gasteiger partial charge is 0.314 e. The number of benzene rings is 1. The van der Waals surface area contributed by atoms with Gasteiger partial charge < -0.3 is 15.5 Å². The van der Waals surface area contributed by atoms with E-state index in [4.69, 9.17) is 5.73 Å². The van der Waals surface area contributed by atoms with Crippen molar-refractivity contribution in [2.75, 3.05) is 32.7 Å². The van der Waals surface area contributed by atoms with Crippen molar-refractivity contribution in [1.29, 1.82) is 0 Å². The summed E-state index contributed by atoms with van der Waals surface area (Å²) in [5, 5.41) is 0. The number of nitrogens with zero attached hydrogens (tertiary/aromatic N) is 2. The Hall–Kier alpha value is -1.55. The third-order valence-corrected chi connectivity index (χ3v) is 4.29. The summed E-state index contributed by atoms with van der Waals surface area (Å²) in [6.45, 7) is 6.84. The van der Waals surface area contributed by atoms with Gasteiger partial charge in [-0.1, -0.05) is 43.7 Å². The molecule has 4 heteroatoms. The highest BCUT2D eigenvalue weighted by Gasteiger charge is 2.20. The van der Waals surface area contributed by atoms with Crippen molar-refractivity contribution in [1.82, 2.24) is 9.80 Å². The van der Waals surface area contributed by atoms with Crippen molar-refractivity contribution in [2.45, 2.75) is 32.1 Å². The van der Waals surface area contributed by atoms with Crippen LogP contribution < -0.4 is 5.73 Å². The molecule has 2 rings (SSSR count). The second kappa shape index (κ2) is 8.03. The van der Waals surface area contributed by atoms with Gasteiger partial charge in [0.05, 0.1) is 0 Å². The Kier molecular flexibility index (Phi) is 6.05. The van der Waals surface area contributed by atoms with Crippen LogP contribution in [0.1, 0.15) is 37.7 Å². The minimum Gasteiger partial charge on any atom is -0.351 e. The molecule has 1 aromatic carbocycles. The summed E-state index contributed by atoms with van der Waals surface area (Å²) in [6.07, 6.45) is 3.41. The van der Waals surface area contributed by atoms with Gasteiger partial charge in [0.15, 0.2) is 0 Å². The number of rotatable bonds is 5. The van der Waals surface area contributed by atoms with E-state index in [0.29, 0.717) is 5.92 Å². The minimum absolute atomic E-state index is 0.287. The molecule has 1 saturated heterocycles. The molecule has 1 aliphatic heterocycles. The van der Waals surface area contributed by atoms with Crippen LogP contribution in [-0.4, -0.2) is 48.6 Å². The van der Waals surface area contributed by atoms with E-state index in [9.17, 15) is 4.79 Å². The van der Waals surface area contributed by atoms with Gasteiger partial charge in [-0.15, -0.1) is 0 Å². The lowest BCUT2D eigenvalue weighted by Gasteiger charge is -2.26. The Balaban J connectivity index is 1.96. The maximum Gasteiger partial charge on any atom is 0.314 e. The highest BCUT2D eigenvalue weighted by atomic mass is 16.2. The summed E-state index contributed by atoms with van der Waals surface area (Å²) in [5.74, 6) is 0.580. The second-order valence-electron chi connectivity index (χ2n) is 5.88. The van der Waals surface area contributed by atoms with Crippen LogP contribution in [0.2, 0.25) is 0 Å². The summed E-state index contributed by atoms with van der Waals surface area (Å²) in [6, 6.07) is 10.5. The van der Waals surface area contributed by atoms with Gasteiger partial charge in [-0.3, -0.25) is 0 Å². The van der Waals surface area contributed by atoms with E-state index in [1.807, 2.05) is 0 Å². The minimum atomic E-state index is -0.287. The van der Waals surface area contributed by atoms with Crippen molar-refractivity contribution >= 4 is 6.03 Å². The second-order valence-corrected chi connectivity index (χ2v) is 5.88. The van der Waals surface area contributed by atoms with Crippen LogP contribution in [-0.2, 0) is 0 Å². The lowest BCUT2D eigenvalue weighted by molar-refractivity contribution is 0.206. The molecule has 1 heterocycles. The molecular weight excluding hydrogens is 262 g/mol. The van der Waals surface area contributed by atoms with E-state index < -0.39 is 0 Å². The van der Waals surface area contributed by atoms with Gasteiger partial charge in [0, 0.05) is 26.2 Å². The Morgan fingerprint density at radius 3 is 2.62 bits per heavy atom. The molecule has 21 heavy (non-hydrogen) atoms. The highest BCUT2D eigenvalue weighted by molar-refractivity contribution is 5.71. The maximum absolute atomic E-state index is 11.3. The van der Waals surface area contributed by atoms with Gasteiger partial charge in [0.25, 0.3) is 0 Å². The van der Waals surface area contributed by atoms with Crippen LogP contribution >= 0.6 is 0 Å². The van der Waals surface area contributed by atoms with Gasteiger partial charge in [-0.25, -0.2) is 4.79 Å². The first kappa shape index (κ1) is 15.8. The lowest BCUT2D eigenvalue weighted by Crippen LogP contribution is -2.39. The van der Waals surface area contributed by atoms with Crippen LogP contribution in [0.3, 0.4) is 0 Å². The van der Waals surface area contributed by atoms with E-state index in [-0.39, 0.29) is 6.03 Å². The van der Waals surface area contributed by atoms with E-state index in [1.54, 1.807) is 4.90 Å². The zero-order chi connectivity index (χ0) is 15.1. The zero-order valence-corrected chi connectivity index (χ0v) is 13.0. The van der Waals surface area contributed by atoms with Crippen molar-refractivity contribution in [3.63, 3.8) is 0 Å². The summed E-state index contributed by atoms with van der Waals surface area (Å²) < 4.78 is 0. The molecule has 0 unspecified atom stereocenters. The number of primary amides is 1. The molecule has 2 N–H and O–H groups in total. The third-order valence-electron chi connectivity index (χ3n) is 4.29. The number of hydrogen-bond donors (Lipinski definition) is 1. The lowest BCUT2D eigenvalue weighted by atomic mass is 9.94. The Morgan fingerprint density at radius 2 is 1.95 bits per heavy atom. The first-order valence-electron chi connectivity index (χ1n) is 8.02.